The van der Waals surface area contributed by atoms with E-state index in [-0.39, 0.29) is 0 Å². The van der Waals surface area contributed by atoms with Crippen molar-refractivity contribution in [1.82, 2.24) is 38.2 Å². The van der Waals surface area contributed by atoms with Crippen LogP contribution in [0, 0.1) is 0 Å². The second-order valence-corrected chi connectivity index (χ2v) is 35.0. The molecule has 0 unspecified atom stereocenters. The normalized spacial score (nSPS) is 11.9. The largest absolute Gasteiger partial charge is 0.309 e. The van der Waals surface area contributed by atoms with E-state index in [4.69, 9.17) is 19.9 Å². The molecule has 8 nitrogen and oxygen atoms in total. The van der Waals surface area contributed by atoms with E-state index in [1.165, 1.54) is 119 Å². The Kier molecular flexibility index (Phi) is 17.5. The minimum Gasteiger partial charge on any atom is -0.309 e. The first kappa shape index (κ1) is 76.1. The zero-order valence-electron chi connectivity index (χ0n) is 72.6. The van der Waals surface area contributed by atoms with Gasteiger partial charge in [-0.05, 0) is 192 Å². The SMILES string of the molecule is c1ccc(-c2cc(-c3ccccc3)cc(-c3nc(-c4cccc5c(-n6c7cc8ccccc8cc7c7c(-n8c9ccccc9c9ccc%10ccccc%10c98)cccc76)cccc45)nc4ccccc34)c2)cc1.c1ccc(-c2ccc(-c3nc(-c4ccc(-n5c6cc7ccccc7cc6c6c(-n7c8ccccc8c8ccc9ccccc9c87)cccc65)cc4)nc4ccccc34)cc2)cc1. The van der Waals surface area contributed by atoms with Gasteiger partial charge in [0.25, 0.3) is 0 Å². The molecule has 0 N–H and O–H groups in total. The third kappa shape index (κ3) is 12.3. The smallest absolute Gasteiger partial charge is 0.161 e. The Morgan fingerprint density at radius 1 is 0.157 bits per heavy atom. The molecule has 0 saturated heterocycles. The zero-order chi connectivity index (χ0) is 88.0. The minimum absolute atomic E-state index is 0.687. The zero-order valence-corrected chi connectivity index (χ0v) is 72.6. The fraction of sp³-hybridized carbons (Fsp3) is 0. The summed E-state index contributed by atoms with van der Waals surface area (Å²) < 4.78 is 9.94. The van der Waals surface area contributed by atoms with Crippen molar-refractivity contribution in [3.63, 3.8) is 0 Å². The third-order valence-electron chi connectivity index (χ3n) is 27.5. The van der Waals surface area contributed by atoms with Crippen LogP contribution in [0.3, 0.4) is 0 Å². The van der Waals surface area contributed by atoms with Crippen LogP contribution >= 0.6 is 0 Å². The Morgan fingerprint density at radius 2 is 0.522 bits per heavy atom. The number of para-hydroxylation sites is 4. The molecule has 0 aliphatic heterocycles. The molecule has 0 saturated carbocycles. The summed E-state index contributed by atoms with van der Waals surface area (Å²) in [5, 5.41) is 23.8. The summed E-state index contributed by atoms with van der Waals surface area (Å²) in [5.74, 6) is 1.39. The van der Waals surface area contributed by atoms with Crippen LogP contribution in [0.2, 0.25) is 0 Å². The molecule has 622 valence electrons. The van der Waals surface area contributed by atoms with Gasteiger partial charge in [-0.3, -0.25) is 0 Å². The Labute approximate surface area is 770 Å². The number of fused-ring (bicyclic) bond motifs is 21. The number of aromatic nitrogens is 8. The summed E-state index contributed by atoms with van der Waals surface area (Å²) in [6, 6.07) is 171. The summed E-state index contributed by atoms with van der Waals surface area (Å²) in [6.45, 7) is 0. The average Bonchev–Trinajstić information content (AvgIpc) is 1.54. The van der Waals surface area contributed by atoms with Crippen LogP contribution in [-0.2, 0) is 0 Å². The molecule has 0 spiro atoms. The molecule has 0 fully saturated rings. The first-order valence-electron chi connectivity index (χ1n) is 45.8. The highest BCUT2D eigenvalue weighted by Gasteiger charge is 2.27. The predicted octanol–water partition coefficient (Wildman–Crippen LogP) is 33.1. The number of hydrogen-bond donors (Lipinski definition) is 0. The third-order valence-corrected chi connectivity index (χ3v) is 27.5. The van der Waals surface area contributed by atoms with Gasteiger partial charge in [-0.25, -0.2) is 19.9 Å². The first-order valence-corrected chi connectivity index (χ1v) is 45.8. The lowest BCUT2D eigenvalue weighted by molar-refractivity contribution is 1.17. The lowest BCUT2D eigenvalue weighted by Crippen LogP contribution is -1.99. The molecule has 28 aromatic rings. The van der Waals surface area contributed by atoms with Crippen molar-refractivity contribution in [3.05, 3.63) is 473 Å². The van der Waals surface area contributed by atoms with Crippen LogP contribution in [0.4, 0.5) is 0 Å². The molecule has 8 heteroatoms. The van der Waals surface area contributed by atoms with E-state index in [1.807, 2.05) is 6.07 Å². The molecule has 0 aliphatic rings. The molecule has 134 heavy (non-hydrogen) atoms. The minimum atomic E-state index is 0.687. The molecule has 6 aromatic heterocycles. The van der Waals surface area contributed by atoms with Gasteiger partial charge in [-0.2, -0.15) is 0 Å². The summed E-state index contributed by atoms with van der Waals surface area (Å²) in [5.41, 5.74) is 28.6. The Hall–Kier alpha value is -18.0. The molecular formula is C126H78N8. The van der Waals surface area contributed by atoms with Crippen molar-refractivity contribution in [2.75, 3.05) is 0 Å². The van der Waals surface area contributed by atoms with E-state index in [1.54, 1.807) is 0 Å². The van der Waals surface area contributed by atoms with Gasteiger partial charge in [0.15, 0.2) is 11.6 Å². The molecule has 0 radical (unpaired) electrons. The lowest BCUT2D eigenvalue weighted by Gasteiger charge is -2.16. The molecular weight excluding hydrogens is 1630 g/mol. The molecule has 0 bridgehead atoms. The van der Waals surface area contributed by atoms with Gasteiger partial charge in [0.2, 0.25) is 0 Å². The number of hydrogen-bond acceptors (Lipinski definition) is 4. The van der Waals surface area contributed by atoms with Gasteiger partial charge in [-0.15, -0.1) is 0 Å². The maximum atomic E-state index is 5.58. The highest BCUT2D eigenvalue weighted by molar-refractivity contribution is 6.25. The van der Waals surface area contributed by atoms with Crippen LogP contribution < -0.4 is 0 Å². The van der Waals surface area contributed by atoms with Crippen LogP contribution in [0.25, 0.3) is 264 Å². The summed E-state index contributed by atoms with van der Waals surface area (Å²) in [6.07, 6.45) is 0. The van der Waals surface area contributed by atoms with E-state index in [0.717, 1.165) is 133 Å². The van der Waals surface area contributed by atoms with Gasteiger partial charge >= 0.3 is 0 Å². The van der Waals surface area contributed by atoms with Gasteiger partial charge in [0, 0.05) is 98.0 Å². The maximum Gasteiger partial charge on any atom is 0.161 e. The molecule has 28 rings (SSSR count). The average molecular weight is 1700 g/mol. The van der Waals surface area contributed by atoms with Crippen molar-refractivity contribution >= 4 is 163 Å². The maximum absolute atomic E-state index is 5.58. The van der Waals surface area contributed by atoms with E-state index in [0.29, 0.717) is 11.6 Å². The Morgan fingerprint density at radius 3 is 1.07 bits per heavy atom. The number of rotatable bonds is 11. The summed E-state index contributed by atoms with van der Waals surface area (Å²) in [4.78, 5) is 21.3. The Balaban J connectivity index is 0.000000138. The highest BCUT2D eigenvalue weighted by atomic mass is 15.0. The van der Waals surface area contributed by atoms with Crippen LogP contribution in [0.15, 0.2) is 473 Å². The standard InChI is InChI=1S/C68H42N4.C58H36N4/c1-3-18-43(19-4-1)48-38-49(44-20-5-2-6-21-44)40-50(39-48)66-57-27-11-13-31-59(57)69-68(70-66)56-30-15-29-53-52(56)28-16-33-60(53)71-62-34-17-35-63(65(62)58-41-46-23-7-8-24-47(46)42-64(58)71)72-61-32-14-12-26-54(61)55-37-36-45-22-9-10-25-51(45)67(55)72;1-2-13-37(14-3-1)38-25-27-40(28-26-38)56-48-20-8-10-21-50(48)59-58(60-56)41-29-32-44(33-30-41)61-52-23-12-24-53(55(52)49-35-42-16-4-5-17-43(42)36-54(49)61)62-51-22-11-9-19-46(51)47-34-31-39-15-6-7-18-45(39)57(47)62/h1-42H;1-36H. The highest BCUT2D eigenvalue weighted by Crippen LogP contribution is 2.49. The molecule has 22 aromatic carbocycles. The molecule has 0 atom stereocenters. The van der Waals surface area contributed by atoms with E-state index in [9.17, 15) is 0 Å². The van der Waals surface area contributed by atoms with Crippen LogP contribution in [-0.4, -0.2) is 38.2 Å². The van der Waals surface area contributed by atoms with Gasteiger partial charge in [0.05, 0.1) is 83.6 Å². The van der Waals surface area contributed by atoms with Crippen molar-refractivity contribution in [2.45, 2.75) is 0 Å². The van der Waals surface area contributed by atoms with E-state index in [2.05, 4.69) is 485 Å². The van der Waals surface area contributed by atoms with Gasteiger partial charge < -0.3 is 18.3 Å². The quantitative estimate of drug-likeness (QED) is 0.129. The van der Waals surface area contributed by atoms with E-state index >= 15 is 0 Å². The Bertz CT molecular complexity index is 9630. The molecule has 0 amide bonds. The van der Waals surface area contributed by atoms with Crippen LogP contribution in [0.1, 0.15) is 0 Å². The second-order valence-electron chi connectivity index (χ2n) is 35.0. The first-order chi connectivity index (χ1) is 66.5. The lowest BCUT2D eigenvalue weighted by atomic mass is 9.94. The second kappa shape index (κ2) is 30.9. The predicted molar refractivity (Wildman–Crippen MR) is 562 cm³/mol. The number of benzene rings is 22. The molecule has 0 aliphatic carbocycles. The summed E-state index contributed by atoms with van der Waals surface area (Å²) in [7, 11) is 0. The van der Waals surface area contributed by atoms with E-state index < -0.39 is 0 Å². The fourth-order valence-electron chi connectivity index (χ4n) is 21.4. The van der Waals surface area contributed by atoms with Crippen molar-refractivity contribution in [3.8, 4) is 101 Å². The van der Waals surface area contributed by atoms with Gasteiger partial charge in [-0.1, -0.05) is 352 Å². The van der Waals surface area contributed by atoms with Crippen molar-refractivity contribution < 1.29 is 0 Å². The monoisotopic (exact) mass is 1700 g/mol. The topological polar surface area (TPSA) is 71.3 Å². The van der Waals surface area contributed by atoms with Gasteiger partial charge in [0.1, 0.15) is 0 Å². The molecule has 6 heterocycles. The van der Waals surface area contributed by atoms with Crippen molar-refractivity contribution in [1.29, 1.82) is 0 Å². The summed E-state index contributed by atoms with van der Waals surface area (Å²) >= 11 is 0. The van der Waals surface area contributed by atoms with Crippen LogP contribution in [0.5, 0.6) is 0 Å². The number of nitrogens with zero attached hydrogens (tertiary/aromatic N) is 8. The fourth-order valence-corrected chi connectivity index (χ4v) is 21.4. The van der Waals surface area contributed by atoms with Crippen molar-refractivity contribution in [2.24, 2.45) is 0 Å².